The van der Waals surface area contributed by atoms with Gasteiger partial charge in [0.2, 0.25) is 0 Å². The van der Waals surface area contributed by atoms with Gasteiger partial charge in [0.05, 0.1) is 18.1 Å². The summed E-state index contributed by atoms with van der Waals surface area (Å²) < 4.78 is 18.1. The molecule has 1 aromatic carbocycles. The summed E-state index contributed by atoms with van der Waals surface area (Å²) in [6.45, 7) is 3.30. The van der Waals surface area contributed by atoms with E-state index in [1.807, 2.05) is 13.0 Å². The van der Waals surface area contributed by atoms with E-state index in [-0.39, 0.29) is 18.3 Å². The molecule has 0 spiro atoms. The van der Waals surface area contributed by atoms with E-state index < -0.39 is 0 Å². The van der Waals surface area contributed by atoms with Crippen LogP contribution in [-0.2, 0) is 4.74 Å². The molecule has 2 aromatic rings. The van der Waals surface area contributed by atoms with Gasteiger partial charge in [-0.1, -0.05) is 12.1 Å². The van der Waals surface area contributed by atoms with Crippen LogP contribution in [-0.4, -0.2) is 37.4 Å². The highest BCUT2D eigenvalue weighted by Crippen LogP contribution is 2.31. The molecule has 23 heavy (non-hydrogen) atoms. The third-order valence-electron chi connectivity index (χ3n) is 3.28. The van der Waals surface area contributed by atoms with E-state index in [1.165, 1.54) is 23.5 Å². The Labute approximate surface area is 138 Å². The van der Waals surface area contributed by atoms with E-state index in [0.717, 1.165) is 16.0 Å². The standard InChI is InChI=1S/C17H20FNO3S/c1-12-15(13-3-5-14(18)6-4-13)11-16(23-12)17(21)19-7-2-9-22-10-8-20/h3-6,11,20H,2,7-10H2,1H3,(H,19,21). The first-order valence-electron chi connectivity index (χ1n) is 7.45. The third-order valence-corrected chi connectivity index (χ3v) is 4.33. The average molecular weight is 337 g/mol. The minimum absolute atomic E-state index is 0.00694. The fourth-order valence-corrected chi connectivity index (χ4v) is 3.10. The molecule has 1 amide bonds. The van der Waals surface area contributed by atoms with Crippen LogP contribution in [0.25, 0.3) is 11.1 Å². The van der Waals surface area contributed by atoms with Crippen LogP contribution in [0.1, 0.15) is 21.0 Å². The first-order chi connectivity index (χ1) is 11.1. The molecular formula is C17H20FNO3S. The molecule has 6 heteroatoms. The Bertz CT molecular complexity index is 640. The zero-order valence-electron chi connectivity index (χ0n) is 13.0. The van der Waals surface area contributed by atoms with Crippen LogP contribution in [0.5, 0.6) is 0 Å². The van der Waals surface area contributed by atoms with E-state index in [1.54, 1.807) is 12.1 Å². The molecular weight excluding hydrogens is 317 g/mol. The minimum Gasteiger partial charge on any atom is -0.394 e. The number of benzene rings is 1. The largest absolute Gasteiger partial charge is 0.394 e. The number of hydrogen-bond acceptors (Lipinski definition) is 4. The molecule has 0 saturated carbocycles. The molecule has 0 bridgehead atoms. The SMILES string of the molecule is Cc1sc(C(=O)NCCCOCCO)cc1-c1ccc(F)cc1. The molecule has 2 rings (SSSR count). The Balaban J connectivity index is 1.92. The molecule has 4 nitrogen and oxygen atoms in total. The van der Waals surface area contributed by atoms with Gasteiger partial charge in [-0.05, 0) is 42.7 Å². The van der Waals surface area contributed by atoms with E-state index in [9.17, 15) is 9.18 Å². The minimum atomic E-state index is -0.275. The van der Waals surface area contributed by atoms with Crippen LogP contribution < -0.4 is 5.32 Å². The first kappa shape index (κ1) is 17.6. The fourth-order valence-electron chi connectivity index (χ4n) is 2.14. The van der Waals surface area contributed by atoms with Gasteiger partial charge in [-0.15, -0.1) is 11.3 Å². The van der Waals surface area contributed by atoms with Crippen molar-refractivity contribution in [3.05, 3.63) is 45.9 Å². The molecule has 124 valence electrons. The summed E-state index contributed by atoms with van der Waals surface area (Å²) in [6, 6.07) is 8.09. The smallest absolute Gasteiger partial charge is 0.261 e. The summed E-state index contributed by atoms with van der Waals surface area (Å²) in [5.41, 5.74) is 1.85. The lowest BCUT2D eigenvalue weighted by molar-refractivity contribution is 0.0869. The van der Waals surface area contributed by atoms with E-state index in [4.69, 9.17) is 9.84 Å². The number of thiophene rings is 1. The maximum absolute atomic E-state index is 13.0. The summed E-state index contributed by atoms with van der Waals surface area (Å²) in [5.74, 6) is -0.392. The summed E-state index contributed by atoms with van der Waals surface area (Å²) in [4.78, 5) is 13.8. The lowest BCUT2D eigenvalue weighted by Crippen LogP contribution is -2.24. The molecule has 0 saturated heterocycles. The fraction of sp³-hybridized carbons (Fsp3) is 0.353. The third kappa shape index (κ3) is 5.13. The number of ether oxygens (including phenoxy) is 1. The summed E-state index contributed by atoms with van der Waals surface area (Å²) in [5, 5.41) is 11.4. The van der Waals surface area contributed by atoms with E-state index in [0.29, 0.717) is 31.1 Å². The number of halogens is 1. The Hall–Kier alpha value is -1.76. The molecule has 0 aliphatic rings. The molecule has 0 unspecified atom stereocenters. The van der Waals surface area contributed by atoms with Gasteiger partial charge in [0.1, 0.15) is 5.82 Å². The Morgan fingerprint density at radius 3 is 2.74 bits per heavy atom. The zero-order chi connectivity index (χ0) is 16.7. The van der Waals surface area contributed by atoms with Crippen molar-refractivity contribution in [1.29, 1.82) is 0 Å². The Morgan fingerprint density at radius 1 is 1.30 bits per heavy atom. The monoisotopic (exact) mass is 337 g/mol. The van der Waals surface area contributed by atoms with Crippen molar-refractivity contribution in [2.45, 2.75) is 13.3 Å². The number of nitrogens with one attached hydrogen (secondary N) is 1. The Morgan fingerprint density at radius 2 is 2.04 bits per heavy atom. The Kier molecular flexibility index (Phi) is 6.70. The maximum atomic E-state index is 13.0. The molecule has 0 aliphatic carbocycles. The normalized spacial score (nSPS) is 10.7. The number of carbonyl (C=O) groups excluding carboxylic acids is 1. The van der Waals surface area contributed by atoms with Gasteiger partial charge in [0, 0.05) is 18.0 Å². The van der Waals surface area contributed by atoms with Gasteiger partial charge in [-0.25, -0.2) is 4.39 Å². The lowest BCUT2D eigenvalue weighted by Gasteiger charge is -2.04. The van der Waals surface area contributed by atoms with Gasteiger partial charge in [0.15, 0.2) is 0 Å². The number of aliphatic hydroxyl groups is 1. The van der Waals surface area contributed by atoms with E-state index in [2.05, 4.69) is 5.32 Å². The lowest BCUT2D eigenvalue weighted by atomic mass is 10.1. The van der Waals surface area contributed by atoms with Gasteiger partial charge in [0.25, 0.3) is 5.91 Å². The predicted molar refractivity (Wildman–Crippen MR) is 89.3 cm³/mol. The number of aryl methyl sites for hydroxylation is 1. The highest BCUT2D eigenvalue weighted by atomic mass is 32.1. The van der Waals surface area contributed by atoms with Crippen molar-refractivity contribution >= 4 is 17.2 Å². The van der Waals surface area contributed by atoms with Crippen LogP contribution in [0.15, 0.2) is 30.3 Å². The predicted octanol–water partition coefficient (Wildman–Crippen LogP) is 2.99. The quantitative estimate of drug-likeness (QED) is 0.728. The summed E-state index contributed by atoms with van der Waals surface area (Å²) >= 11 is 1.42. The average Bonchev–Trinajstić information content (AvgIpc) is 2.93. The second-order valence-corrected chi connectivity index (χ2v) is 6.29. The first-order valence-corrected chi connectivity index (χ1v) is 8.26. The van der Waals surface area contributed by atoms with Crippen molar-refractivity contribution < 1.29 is 19.0 Å². The summed E-state index contributed by atoms with van der Waals surface area (Å²) in [7, 11) is 0. The molecule has 1 aromatic heterocycles. The second kappa shape index (κ2) is 8.76. The highest BCUT2D eigenvalue weighted by Gasteiger charge is 2.13. The zero-order valence-corrected chi connectivity index (χ0v) is 13.8. The number of rotatable bonds is 8. The van der Waals surface area contributed by atoms with Crippen molar-refractivity contribution in [2.24, 2.45) is 0 Å². The molecule has 2 N–H and O–H groups in total. The van der Waals surface area contributed by atoms with Gasteiger partial charge < -0.3 is 15.2 Å². The van der Waals surface area contributed by atoms with Crippen molar-refractivity contribution in [3.8, 4) is 11.1 Å². The number of amides is 1. The van der Waals surface area contributed by atoms with Crippen LogP contribution in [0, 0.1) is 12.7 Å². The number of carbonyl (C=O) groups is 1. The highest BCUT2D eigenvalue weighted by molar-refractivity contribution is 7.14. The van der Waals surface area contributed by atoms with Crippen LogP contribution in [0.3, 0.4) is 0 Å². The molecule has 1 heterocycles. The molecule has 0 fully saturated rings. The van der Waals surface area contributed by atoms with Crippen LogP contribution in [0.2, 0.25) is 0 Å². The van der Waals surface area contributed by atoms with Crippen molar-refractivity contribution in [3.63, 3.8) is 0 Å². The van der Waals surface area contributed by atoms with Crippen LogP contribution >= 0.6 is 11.3 Å². The number of aliphatic hydroxyl groups excluding tert-OH is 1. The molecule has 0 radical (unpaired) electrons. The van der Waals surface area contributed by atoms with Gasteiger partial charge >= 0.3 is 0 Å². The topological polar surface area (TPSA) is 58.6 Å². The molecule has 0 atom stereocenters. The van der Waals surface area contributed by atoms with Gasteiger partial charge in [-0.2, -0.15) is 0 Å². The van der Waals surface area contributed by atoms with Crippen LogP contribution in [0.4, 0.5) is 4.39 Å². The second-order valence-electron chi connectivity index (χ2n) is 5.03. The molecule has 0 aliphatic heterocycles. The summed E-state index contributed by atoms with van der Waals surface area (Å²) in [6.07, 6.45) is 0.695. The van der Waals surface area contributed by atoms with Gasteiger partial charge in [-0.3, -0.25) is 4.79 Å². The van der Waals surface area contributed by atoms with Crippen molar-refractivity contribution in [1.82, 2.24) is 5.32 Å². The number of hydrogen-bond donors (Lipinski definition) is 2. The van der Waals surface area contributed by atoms with E-state index >= 15 is 0 Å². The van der Waals surface area contributed by atoms with Crippen molar-refractivity contribution in [2.75, 3.05) is 26.4 Å². The maximum Gasteiger partial charge on any atom is 0.261 e.